The quantitative estimate of drug-likeness (QED) is 0.306. The fourth-order valence-electron chi connectivity index (χ4n) is 2.83. The van der Waals surface area contributed by atoms with E-state index >= 15 is 0 Å². The molecule has 3 aromatic carbocycles. The summed E-state index contributed by atoms with van der Waals surface area (Å²) < 4.78 is 49.4. The first kappa shape index (κ1) is 24.9. The van der Waals surface area contributed by atoms with Gasteiger partial charge in [0.05, 0.1) is 25.4 Å². The molecule has 0 bridgehead atoms. The maximum Gasteiger partial charge on any atom is 0.416 e. The van der Waals surface area contributed by atoms with Crippen LogP contribution in [-0.2, 0) is 17.6 Å². The summed E-state index contributed by atoms with van der Waals surface area (Å²) in [4.78, 5) is 11.9. The van der Waals surface area contributed by atoms with Crippen LogP contribution in [-0.4, -0.2) is 25.8 Å². The van der Waals surface area contributed by atoms with Gasteiger partial charge in [0.2, 0.25) is 0 Å². The molecule has 0 fully saturated rings. The third-order valence-electron chi connectivity index (χ3n) is 4.54. The van der Waals surface area contributed by atoms with Gasteiger partial charge < -0.3 is 14.8 Å². The summed E-state index contributed by atoms with van der Waals surface area (Å²) in [7, 11) is 1.51. The number of amides is 1. The molecule has 0 aromatic heterocycles. The van der Waals surface area contributed by atoms with Crippen LogP contribution in [0.15, 0.2) is 71.8 Å². The Balaban J connectivity index is 1.51. The van der Waals surface area contributed by atoms with Gasteiger partial charge in [0.25, 0.3) is 5.91 Å². The van der Waals surface area contributed by atoms with Gasteiger partial charge in [-0.05, 0) is 59.7 Å². The fourth-order valence-corrected chi connectivity index (χ4v) is 2.96. The molecule has 3 rings (SSSR count). The summed E-state index contributed by atoms with van der Waals surface area (Å²) in [6.45, 7) is 0.0787. The first-order valence-electron chi connectivity index (χ1n) is 10.0. The molecule has 6 nitrogen and oxygen atoms in total. The smallest absolute Gasteiger partial charge is 0.416 e. The first-order chi connectivity index (χ1) is 16.2. The van der Waals surface area contributed by atoms with Gasteiger partial charge in [0.1, 0.15) is 6.61 Å². The van der Waals surface area contributed by atoms with Crippen molar-refractivity contribution in [2.45, 2.75) is 12.8 Å². The molecule has 0 aliphatic rings. The molecule has 0 saturated carbocycles. The number of hydrogen-bond donors (Lipinski definition) is 2. The number of methoxy groups -OCH3 is 1. The minimum Gasteiger partial charge on any atom is -0.493 e. The van der Waals surface area contributed by atoms with E-state index in [4.69, 9.17) is 21.1 Å². The average molecular weight is 492 g/mol. The SMILES string of the molecule is COc1cc(/C=N\NC(=O)CNc2cccc(C(F)(F)F)c2)ccc1OCc1ccc(Cl)cc1. The van der Waals surface area contributed by atoms with Crippen LogP contribution in [0.5, 0.6) is 11.5 Å². The Morgan fingerprint density at radius 2 is 1.82 bits per heavy atom. The molecule has 0 radical (unpaired) electrons. The third kappa shape index (κ3) is 7.41. The summed E-state index contributed by atoms with van der Waals surface area (Å²) in [6.07, 6.45) is -3.05. The maximum absolute atomic E-state index is 12.8. The lowest BCUT2D eigenvalue weighted by atomic mass is 10.2. The highest BCUT2D eigenvalue weighted by atomic mass is 35.5. The normalized spacial score (nSPS) is 11.3. The van der Waals surface area contributed by atoms with Gasteiger partial charge in [-0.2, -0.15) is 18.3 Å². The lowest BCUT2D eigenvalue weighted by Crippen LogP contribution is -2.26. The van der Waals surface area contributed by atoms with Crippen LogP contribution < -0.4 is 20.2 Å². The summed E-state index contributed by atoms with van der Waals surface area (Å²) in [5.74, 6) is 0.489. The minimum absolute atomic E-state index is 0.174. The molecule has 2 N–H and O–H groups in total. The third-order valence-corrected chi connectivity index (χ3v) is 4.79. The number of carbonyl (C=O) groups is 1. The number of halogens is 4. The van der Waals surface area contributed by atoms with Crippen molar-refractivity contribution >= 4 is 29.4 Å². The highest BCUT2D eigenvalue weighted by Crippen LogP contribution is 2.31. The van der Waals surface area contributed by atoms with Crippen LogP contribution in [0.4, 0.5) is 18.9 Å². The van der Waals surface area contributed by atoms with E-state index in [1.165, 1.54) is 25.5 Å². The highest BCUT2D eigenvalue weighted by Gasteiger charge is 2.30. The highest BCUT2D eigenvalue weighted by molar-refractivity contribution is 6.30. The number of nitrogens with zero attached hydrogens (tertiary/aromatic N) is 1. The van der Waals surface area contributed by atoms with Crippen LogP contribution in [0.2, 0.25) is 5.02 Å². The van der Waals surface area contributed by atoms with E-state index in [0.29, 0.717) is 28.7 Å². The topological polar surface area (TPSA) is 72.0 Å². The largest absolute Gasteiger partial charge is 0.493 e. The number of nitrogens with one attached hydrogen (secondary N) is 2. The van der Waals surface area contributed by atoms with Gasteiger partial charge in [-0.1, -0.05) is 29.8 Å². The fraction of sp³-hybridized carbons (Fsp3) is 0.167. The number of anilines is 1. The van der Waals surface area contributed by atoms with Crippen molar-refractivity contribution in [3.8, 4) is 11.5 Å². The molecule has 178 valence electrons. The minimum atomic E-state index is -4.46. The van der Waals surface area contributed by atoms with E-state index in [0.717, 1.165) is 17.7 Å². The number of hydrazone groups is 1. The molecular formula is C24H21ClF3N3O3. The molecule has 0 saturated heterocycles. The number of ether oxygens (including phenoxy) is 2. The van der Waals surface area contributed by atoms with Crippen molar-refractivity contribution in [2.24, 2.45) is 5.10 Å². The van der Waals surface area contributed by atoms with Gasteiger partial charge >= 0.3 is 6.18 Å². The zero-order valence-electron chi connectivity index (χ0n) is 18.0. The second kappa shape index (κ2) is 11.4. The number of rotatable bonds is 9. The van der Waals surface area contributed by atoms with Crippen molar-refractivity contribution in [3.63, 3.8) is 0 Å². The molecule has 0 atom stereocenters. The summed E-state index contributed by atoms with van der Waals surface area (Å²) >= 11 is 5.88. The molecule has 34 heavy (non-hydrogen) atoms. The summed E-state index contributed by atoms with van der Waals surface area (Å²) in [5, 5.41) is 7.14. The molecule has 0 spiro atoms. The Bertz CT molecular complexity index is 1150. The second-order valence-electron chi connectivity index (χ2n) is 7.05. The van der Waals surface area contributed by atoms with E-state index < -0.39 is 17.6 Å². The number of benzene rings is 3. The van der Waals surface area contributed by atoms with Crippen LogP contribution in [0.3, 0.4) is 0 Å². The Morgan fingerprint density at radius 3 is 2.53 bits per heavy atom. The van der Waals surface area contributed by atoms with E-state index in [1.807, 2.05) is 12.1 Å². The predicted octanol–water partition coefficient (Wildman–Crippen LogP) is 5.51. The van der Waals surface area contributed by atoms with E-state index in [-0.39, 0.29) is 12.2 Å². The van der Waals surface area contributed by atoms with Gasteiger partial charge in [0, 0.05) is 10.7 Å². The van der Waals surface area contributed by atoms with Crippen molar-refractivity contribution in [1.29, 1.82) is 0 Å². The Kier molecular flexibility index (Phi) is 8.37. The van der Waals surface area contributed by atoms with Gasteiger partial charge in [-0.25, -0.2) is 5.43 Å². The molecular weight excluding hydrogens is 471 g/mol. The number of alkyl halides is 3. The van der Waals surface area contributed by atoms with Crippen LogP contribution in [0, 0.1) is 0 Å². The molecule has 10 heteroatoms. The zero-order chi connectivity index (χ0) is 24.6. The number of carbonyl (C=O) groups excluding carboxylic acids is 1. The summed E-state index contributed by atoms with van der Waals surface area (Å²) in [5.41, 5.74) is 3.27. The van der Waals surface area contributed by atoms with Crippen molar-refractivity contribution < 1.29 is 27.4 Å². The standard InChI is InChI=1S/C24H21ClF3N3O3/c1-33-22-11-17(7-10-21(22)34-15-16-5-8-19(25)9-6-16)13-30-31-23(32)14-29-20-4-2-3-18(12-20)24(26,27)28/h2-13,29H,14-15H2,1H3,(H,31,32)/b30-13-. The molecule has 0 aliphatic carbocycles. The molecule has 0 unspecified atom stereocenters. The van der Waals surface area contributed by atoms with Crippen LogP contribution in [0.1, 0.15) is 16.7 Å². The molecule has 0 heterocycles. The number of hydrogen-bond acceptors (Lipinski definition) is 5. The second-order valence-corrected chi connectivity index (χ2v) is 7.49. The molecule has 1 amide bonds. The first-order valence-corrected chi connectivity index (χ1v) is 10.4. The van der Waals surface area contributed by atoms with E-state index in [1.54, 1.807) is 30.3 Å². The zero-order valence-corrected chi connectivity index (χ0v) is 18.8. The van der Waals surface area contributed by atoms with Crippen LogP contribution in [0.25, 0.3) is 0 Å². The molecule has 3 aromatic rings. The monoisotopic (exact) mass is 491 g/mol. The van der Waals surface area contributed by atoms with Crippen molar-refractivity contribution in [3.05, 3.63) is 88.4 Å². The predicted molar refractivity (Wildman–Crippen MR) is 124 cm³/mol. The Morgan fingerprint density at radius 1 is 1.06 bits per heavy atom. The average Bonchev–Trinajstić information content (AvgIpc) is 2.82. The Labute approximate surface area is 199 Å². The van der Waals surface area contributed by atoms with Gasteiger partial charge in [0.15, 0.2) is 11.5 Å². The maximum atomic E-state index is 12.8. The summed E-state index contributed by atoms with van der Waals surface area (Å²) in [6, 6.07) is 17.0. The Hall–Kier alpha value is -3.72. The lowest BCUT2D eigenvalue weighted by Gasteiger charge is -2.11. The van der Waals surface area contributed by atoms with Gasteiger partial charge in [-0.15, -0.1) is 0 Å². The van der Waals surface area contributed by atoms with Crippen LogP contribution >= 0.6 is 11.6 Å². The van der Waals surface area contributed by atoms with E-state index in [9.17, 15) is 18.0 Å². The molecule has 0 aliphatic heterocycles. The lowest BCUT2D eigenvalue weighted by molar-refractivity contribution is -0.137. The van der Waals surface area contributed by atoms with Crippen molar-refractivity contribution in [1.82, 2.24) is 5.43 Å². The van der Waals surface area contributed by atoms with Gasteiger partial charge in [-0.3, -0.25) is 4.79 Å². The van der Waals surface area contributed by atoms with E-state index in [2.05, 4.69) is 15.8 Å². The van der Waals surface area contributed by atoms with Crippen molar-refractivity contribution in [2.75, 3.05) is 19.0 Å².